The molecule has 3 amide bonds. The van der Waals surface area contributed by atoms with Crippen LogP contribution < -0.4 is 4.74 Å². The van der Waals surface area contributed by atoms with Gasteiger partial charge in [0.05, 0.1) is 22.3 Å². The molecule has 2 atom stereocenters. The van der Waals surface area contributed by atoms with E-state index in [4.69, 9.17) is 4.74 Å². The van der Waals surface area contributed by atoms with Gasteiger partial charge in [-0.15, -0.1) is 0 Å². The minimum Gasteiger partial charge on any atom is -0.423 e. The molecule has 0 bridgehead atoms. The van der Waals surface area contributed by atoms with E-state index < -0.39 is 52.8 Å². The third-order valence-electron chi connectivity index (χ3n) is 7.31. The zero-order valence-electron chi connectivity index (χ0n) is 21.8. The van der Waals surface area contributed by atoms with Gasteiger partial charge in [-0.1, -0.05) is 31.0 Å². The SMILES string of the molecule is O=C(CN(C(=O)c1ccc([N+](=O)[O-])cc1)N1C(=O)[C@H]2CCCC[C@@H]2C1=O)c1ccc(OC(=O)c2ccccc2)cc1. The summed E-state index contributed by atoms with van der Waals surface area (Å²) in [5.41, 5.74) is 0.245. The number of hydrazine groups is 1. The van der Waals surface area contributed by atoms with Crippen LogP contribution in [0.3, 0.4) is 0 Å². The molecule has 1 aliphatic heterocycles. The lowest BCUT2D eigenvalue weighted by Crippen LogP contribution is -2.52. The van der Waals surface area contributed by atoms with Crippen LogP contribution in [0.25, 0.3) is 0 Å². The van der Waals surface area contributed by atoms with Crippen molar-refractivity contribution in [1.82, 2.24) is 10.0 Å². The van der Waals surface area contributed by atoms with Crippen molar-refractivity contribution >= 4 is 35.2 Å². The molecule has 1 aliphatic carbocycles. The summed E-state index contributed by atoms with van der Waals surface area (Å²) >= 11 is 0. The van der Waals surface area contributed by atoms with Crippen molar-refractivity contribution in [2.45, 2.75) is 25.7 Å². The molecule has 3 aromatic rings. The molecule has 0 spiro atoms. The maximum Gasteiger partial charge on any atom is 0.343 e. The Hall–Kier alpha value is -5.19. The third kappa shape index (κ3) is 5.60. The van der Waals surface area contributed by atoms with Crippen molar-refractivity contribution in [1.29, 1.82) is 0 Å². The van der Waals surface area contributed by atoms with Gasteiger partial charge in [0.15, 0.2) is 5.78 Å². The molecule has 0 radical (unpaired) electrons. The smallest absolute Gasteiger partial charge is 0.343 e. The molecule has 3 aromatic carbocycles. The number of carbonyl (C=O) groups excluding carboxylic acids is 5. The van der Waals surface area contributed by atoms with Crippen molar-refractivity contribution in [2.24, 2.45) is 11.8 Å². The number of hydrogen-bond donors (Lipinski definition) is 0. The number of benzene rings is 3. The first-order valence-corrected chi connectivity index (χ1v) is 13.1. The van der Waals surface area contributed by atoms with Gasteiger partial charge in [0.25, 0.3) is 23.4 Å². The molecule has 0 unspecified atom stereocenters. The lowest BCUT2D eigenvalue weighted by molar-refractivity contribution is -0.384. The first-order chi connectivity index (χ1) is 19.7. The predicted molar refractivity (Wildman–Crippen MR) is 144 cm³/mol. The molecule has 41 heavy (non-hydrogen) atoms. The number of ether oxygens (including phenoxy) is 1. The summed E-state index contributed by atoms with van der Waals surface area (Å²) in [6.07, 6.45) is 2.60. The fourth-order valence-electron chi connectivity index (χ4n) is 5.17. The summed E-state index contributed by atoms with van der Waals surface area (Å²) in [5.74, 6) is -3.95. The lowest BCUT2D eigenvalue weighted by Gasteiger charge is -2.30. The fraction of sp³-hybridized carbons (Fsp3) is 0.233. The largest absolute Gasteiger partial charge is 0.423 e. The molecule has 208 valence electrons. The fourth-order valence-corrected chi connectivity index (χ4v) is 5.17. The Bertz CT molecular complexity index is 1500. The zero-order chi connectivity index (χ0) is 29.1. The lowest BCUT2D eigenvalue weighted by atomic mass is 9.81. The molecule has 11 nitrogen and oxygen atoms in total. The van der Waals surface area contributed by atoms with Gasteiger partial charge in [-0.25, -0.2) is 9.80 Å². The molecule has 2 fully saturated rings. The number of non-ortho nitro benzene ring substituents is 1. The number of imide groups is 1. The number of hydrogen-bond acceptors (Lipinski definition) is 8. The highest BCUT2D eigenvalue weighted by Gasteiger charge is 2.51. The van der Waals surface area contributed by atoms with E-state index in [2.05, 4.69) is 0 Å². The monoisotopic (exact) mass is 555 g/mol. The molecular weight excluding hydrogens is 530 g/mol. The molecule has 1 saturated heterocycles. The van der Waals surface area contributed by atoms with E-state index in [-0.39, 0.29) is 22.6 Å². The topological polar surface area (TPSA) is 144 Å². The average molecular weight is 556 g/mol. The molecule has 0 N–H and O–H groups in total. The number of nitro benzene ring substituents is 1. The number of nitrogens with zero attached hydrogens (tertiary/aromatic N) is 3. The van der Waals surface area contributed by atoms with Gasteiger partial charge < -0.3 is 4.74 Å². The van der Waals surface area contributed by atoms with Gasteiger partial charge in [0.2, 0.25) is 0 Å². The summed E-state index contributed by atoms with van der Waals surface area (Å²) in [6, 6.07) is 18.8. The summed E-state index contributed by atoms with van der Waals surface area (Å²) in [6.45, 7) is -0.629. The highest BCUT2D eigenvalue weighted by Crippen LogP contribution is 2.39. The van der Waals surface area contributed by atoms with Crippen molar-refractivity contribution < 1.29 is 33.6 Å². The van der Waals surface area contributed by atoms with Gasteiger partial charge in [-0.05, 0) is 61.4 Å². The molecule has 1 heterocycles. The maximum absolute atomic E-state index is 13.6. The van der Waals surface area contributed by atoms with E-state index in [1.54, 1.807) is 30.3 Å². The van der Waals surface area contributed by atoms with Gasteiger partial charge in [0.1, 0.15) is 12.3 Å². The van der Waals surface area contributed by atoms with Crippen molar-refractivity contribution in [3.05, 3.63) is 106 Å². The first kappa shape index (κ1) is 27.4. The summed E-state index contributed by atoms with van der Waals surface area (Å²) in [5, 5.41) is 12.7. The second-order valence-corrected chi connectivity index (χ2v) is 9.86. The number of Topliss-reactive ketones (excluding diaryl/α,β-unsaturated/α-hetero) is 1. The van der Waals surface area contributed by atoms with Crippen LogP contribution in [0.5, 0.6) is 5.75 Å². The minimum absolute atomic E-state index is 0.0259. The molecule has 11 heteroatoms. The van der Waals surface area contributed by atoms with Crippen molar-refractivity contribution in [3.8, 4) is 5.75 Å². The van der Waals surface area contributed by atoms with Gasteiger partial charge in [-0.2, -0.15) is 5.01 Å². The summed E-state index contributed by atoms with van der Waals surface area (Å²) in [4.78, 5) is 76.3. The number of nitro groups is 1. The minimum atomic E-state index is -0.818. The van der Waals surface area contributed by atoms with E-state index in [1.807, 2.05) is 0 Å². The molecular formula is C30H25N3O8. The van der Waals surface area contributed by atoms with E-state index in [1.165, 1.54) is 36.4 Å². The number of esters is 1. The Morgan fingerprint density at radius 1 is 0.805 bits per heavy atom. The molecule has 0 aromatic heterocycles. The van der Waals surface area contributed by atoms with Crippen LogP contribution >= 0.6 is 0 Å². The van der Waals surface area contributed by atoms with Crippen LogP contribution in [-0.2, 0) is 9.59 Å². The molecule has 1 saturated carbocycles. The summed E-state index contributed by atoms with van der Waals surface area (Å²) in [7, 11) is 0. The quantitative estimate of drug-likeness (QED) is 0.100. The average Bonchev–Trinajstić information content (AvgIpc) is 3.25. The maximum atomic E-state index is 13.6. The van der Waals surface area contributed by atoms with Crippen molar-refractivity contribution in [3.63, 3.8) is 0 Å². The van der Waals surface area contributed by atoms with Gasteiger partial charge in [0, 0.05) is 23.3 Å². The Morgan fingerprint density at radius 3 is 1.93 bits per heavy atom. The van der Waals surface area contributed by atoms with Crippen LogP contribution in [0.2, 0.25) is 0 Å². The predicted octanol–water partition coefficient (Wildman–Crippen LogP) is 4.23. The van der Waals surface area contributed by atoms with Crippen LogP contribution in [0.4, 0.5) is 5.69 Å². The zero-order valence-corrected chi connectivity index (χ0v) is 21.8. The van der Waals surface area contributed by atoms with E-state index in [0.717, 1.165) is 35.0 Å². The van der Waals surface area contributed by atoms with Crippen LogP contribution in [0.15, 0.2) is 78.9 Å². The standard InChI is InChI=1S/C30H25N3O8/c34-26(19-12-16-23(17-13-19)41-30(38)21-6-2-1-3-7-21)18-31(27(35)20-10-14-22(15-11-20)33(39)40)32-28(36)24-8-4-5-9-25(24)29(32)37/h1-3,6-7,10-17,24-25H,4-5,8-9,18H2/t24-,25-/m0/s1. The second kappa shape index (κ2) is 11.5. The normalized spacial score (nSPS) is 18.0. The second-order valence-electron chi connectivity index (χ2n) is 9.86. The van der Waals surface area contributed by atoms with Crippen LogP contribution in [0.1, 0.15) is 56.8 Å². The number of rotatable bonds is 8. The van der Waals surface area contributed by atoms with E-state index in [0.29, 0.717) is 18.4 Å². The molecule has 2 aliphatic rings. The van der Waals surface area contributed by atoms with Crippen molar-refractivity contribution in [2.75, 3.05) is 6.54 Å². The van der Waals surface area contributed by atoms with Crippen LogP contribution in [0, 0.1) is 22.0 Å². The highest BCUT2D eigenvalue weighted by molar-refractivity contribution is 6.09. The summed E-state index contributed by atoms with van der Waals surface area (Å²) < 4.78 is 5.34. The van der Waals surface area contributed by atoms with E-state index in [9.17, 15) is 34.1 Å². The number of ketones is 1. The van der Waals surface area contributed by atoms with Gasteiger partial charge >= 0.3 is 5.97 Å². The Balaban J connectivity index is 1.38. The number of fused-ring (bicyclic) bond motifs is 1. The molecule has 5 rings (SSSR count). The first-order valence-electron chi connectivity index (χ1n) is 13.1. The Kier molecular flexibility index (Phi) is 7.68. The number of carbonyl (C=O) groups is 5. The third-order valence-corrected chi connectivity index (χ3v) is 7.31. The Morgan fingerprint density at radius 2 is 1.37 bits per heavy atom. The number of amides is 3. The Labute approximate surface area is 234 Å². The van der Waals surface area contributed by atoms with E-state index >= 15 is 0 Å². The highest BCUT2D eigenvalue weighted by atomic mass is 16.6. The van der Waals surface area contributed by atoms with Gasteiger partial charge in [-0.3, -0.25) is 29.3 Å². The van der Waals surface area contributed by atoms with Crippen LogP contribution in [-0.4, -0.2) is 51.0 Å².